The third-order valence-corrected chi connectivity index (χ3v) is 5.03. The monoisotopic (exact) mass is 295 g/mol. The van der Waals surface area contributed by atoms with E-state index in [0.29, 0.717) is 25.0 Å². The third kappa shape index (κ3) is 3.76. The van der Waals surface area contributed by atoms with Gasteiger partial charge >= 0.3 is 0 Å². The molecular weight excluding hydrogens is 266 g/mol. The molecule has 2 rings (SSSR count). The number of hydrogen-bond acceptors (Lipinski definition) is 3. The van der Waals surface area contributed by atoms with Crippen molar-refractivity contribution in [2.45, 2.75) is 58.0 Å². The van der Waals surface area contributed by atoms with Gasteiger partial charge in [-0.3, -0.25) is 9.59 Å². The molecule has 1 saturated carbocycles. The third-order valence-electron chi connectivity index (χ3n) is 5.03. The molecule has 2 aliphatic rings. The maximum absolute atomic E-state index is 12.5. The van der Waals surface area contributed by atoms with Crippen LogP contribution in [0, 0.1) is 5.92 Å². The van der Waals surface area contributed by atoms with Crippen molar-refractivity contribution >= 4 is 11.8 Å². The summed E-state index contributed by atoms with van der Waals surface area (Å²) < 4.78 is 0. The zero-order valence-electron chi connectivity index (χ0n) is 13.6. The van der Waals surface area contributed by atoms with E-state index in [1.165, 1.54) is 25.7 Å². The predicted molar refractivity (Wildman–Crippen MR) is 82.9 cm³/mol. The molecule has 0 spiro atoms. The van der Waals surface area contributed by atoms with Gasteiger partial charge in [0.1, 0.15) is 0 Å². The normalized spacial score (nSPS) is 28.0. The summed E-state index contributed by atoms with van der Waals surface area (Å²) in [6, 6.07) is 0.423. The van der Waals surface area contributed by atoms with Gasteiger partial charge in [0.2, 0.25) is 11.8 Å². The maximum atomic E-state index is 12.5. The topological polar surface area (TPSA) is 52.7 Å². The van der Waals surface area contributed by atoms with Crippen LogP contribution >= 0.6 is 0 Å². The fourth-order valence-electron chi connectivity index (χ4n) is 3.73. The maximum Gasteiger partial charge on any atom is 0.242 e. The number of carbonyl (C=O) groups is 2. The summed E-state index contributed by atoms with van der Waals surface area (Å²) in [6.07, 6.45) is 5.93. The minimum atomic E-state index is -0.0902. The Hall–Kier alpha value is -1.10. The number of likely N-dealkylation sites (N-methyl/N-ethyl adjacent to an activating group) is 2. The molecule has 3 unspecified atom stereocenters. The molecule has 0 aromatic carbocycles. The Bertz CT molecular complexity index is 368. The molecule has 5 heteroatoms. The van der Waals surface area contributed by atoms with E-state index in [1.54, 1.807) is 16.8 Å². The standard InChI is InChI=1S/C16H29N3O2/c1-4-19(5-2)15(20)11-18(3)16(21)14-10-12-8-6-7-9-13(12)17-14/h12-14,17H,4-11H2,1-3H3. The quantitative estimate of drug-likeness (QED) is 0.830. The Balaban J connectivity index is 1.86. The van der Waals surface area contributed by atoms with Gasteiger partial charge in [-0.15, -0.1) is 0 Å². The van der Waals surface area contributed by atoms with Gasteiger partial charge in [-0.05, 0) is 39.0 Å². The zero-order chi connectivity index (χ0) is 15.4. The van der Waals surface area contributed by atoms with E-state index in [-0.39, 0.29) is 24.4 Å². The lowest BCUT2D eigenvalue weighted by atomic mass is 9.85. The summed E-state index contributed by atoms with van der Waals surface area (Å²) in [4.78, 5) is 28.0. The Morgan fingerprint density at radius 3 is 2.43 bits per heavy atom. The van der Waals surface area contributed by atoms with Crippen molar-refractivity contribution in [2.24, 2.45) is 5.92 Å². The SMILES string of the molecule is CCN(CC)C(=O)CN(C)C(=O)C1CC2CCCCC2N1. The Kier molecular flexibility index (Phi) is 5.62. The molecule has 2 amide bonds. The van der Waals surface area contributed by atoms with Crippen LogP contribution in [-0.4, -0.2) is 60.4 Å². The lowest BCUT2D eigenvalue weighted by molar-refractivity contribution is -0.140. The first-order valence-electron chi connectivity index (χ1n) is 8.35. The van der Waals surface area contributed by atoms with Gasteiger partial charge in [-0.1, -0.05) is 12.8 Å². The van der Waals surface area contributed by atoms with Crippen molar-refractivity contribution in [3.8, 4) is 0 Å². The first kappa shape index (κ1) is 16.3. The van der Waals surface area contributed by atoms with Gasteiger partial charge in [-0.2, -0.15) is 0 Å². The summed E-state index contributed by atoms with van der Waals surface area (Å²) in [5.74, 6) is 0.760. The highest BCUT2D eigenvalue weighted by atomic mass is 16.2. The molecule has 1 aliphatic heterocycles. The second-order valence-electron chi connectivity index (χ2n) is 6.37. The average Bonchev–Trinajstić information content (AvgIpc) is 2.91. The van der Waals surface area contributed by atoms with E-state index >= 15 is 0 Å². The number of fused-ring (bicyclic) bond motifs is 1. The fourth-order valence-corrected chi connectivity index (χ4v) is 3.73. The second-order valence-corrected chi connectivity index (χ2v) is 6.37. The van der Waals surface area contributed by atoms with Gasteiger partial charge < -0.3 is 15.1 Å². The summed E-state index contributed by atoms with van der Waals surface area (Å²) >= 11 is 0. The largest absolute Gasteiger partial charge is 0.342 e. The van der Waals surface area contributed by atoms with Gasteiger partial charge in [0.15, 0.2) is 0 Å². The predicted octanol–water partition coefficient (Wildman–Crippen LogP) is 1.23. The first-order chi connectivity index (χ1) is 10.1. The van der Waals surface area contributed by atoms with Gasteiger partial charge in [-0.25, -0.2) is 0 Å². The lowest BCUT2D eigenvalue weighted by Gasteiger charge is -2.25. The number of amides is 2. The molecule has 0 aromatic heterocycles. The molecular formula is C16H29N3O2. The van der Waals surface area contributed by atoms with Crippen molar-refractivity contribution in [1.29, 1.82) is 0 Å². The number of hydrogen-bond donors (Lipinski definition) is 1. The van der Waals surface area contributed by atoms with E-state index in [9.17, 15) is 9.59 Å². The minimum absolute atomic E-state index is 0.0336. The average molecular weight is 295 g/mol. The summed E-state index contributed by atoms with van der Waals surface area (Å²) in [5.41, 5.74) is 0. The van der Waals surface area contributed by atoms with Gasteiger partial charge in [0, 0.05) is 26.2 Å². The van der Waals surface area contributed by atoms with E-state index in [4.69, 9.17) is 0 Å². The zero-order valence-corrected chi connectivity index (χ0v) is 13.6. The lowest BCUT2D eigenvalue weighted by Crippen LogP contribution is -2.47. The van der Waals surface area contributed by atoms with Crippen molar-refractivity contribution < 1.29 is 9.59 Å². The Morgan fingerprint density at radius 2 is 1.81 bits per heavy atom. The van der Waals surface area contributed by atoms with Crippen LogP contribution in [-0.2, 0) is 9.59 Å². The molecule has 1 heterocycles. The van der Waals surface area contributed by atoms with E-state index in [2.05, 4.69) is 5.32 Å². The molecule has 1 aliphatic carbocycles. The summed E-state index contributed by atoms with van der Waals surface area (Å²) in [6.45, 7) is 5.51. The number of rotatable bonds is 5. The summed E-state index contributed by atoms with van der Waals surface area (Å²) in [7, 11) is 1.74. The Labute approximate surface area is 128 Å². The fraction of sp³-hybridized carbons (Fsp3) is 0.875. The van der Waals surface area contributed by atoms with Crippen LogP contribution in [0.15, 0.2) is 0 Å². The van der Waals surface area contributed by atoms with Crippen LogP contribution in [0.1, 0.15) is 46.0 Å². The molecule has 1 saturated heterocycles. The molecule has 0 bridgehead atoms. The van der Waals surface area contributed by atoms with E-state index in [1.807, 2.05) is 13.8 Å². The Morgan fingerprint density at radius 1 is 1.14 bits per heavy atom. The first-order valence-corrected chi connectivity index (χ1v) is 8.35. The van der Waals surface area contributed by atoms with Crippen molar-refractivity contribution in [3.05, 3.63) is 0 Å². The number of nitrogens with one attached hydrogen (secondary N) is 1. The number of carbonyl (C=O) groups excluding carboxylic acids is 2. The molecule has 0 radical (unpaired) electrons. The molecule has 120 valence electrons. The van der Waals surface area contributed by atoms with E-state index in [0.717, 1.165) is 6.42 Å². The second kappa shape index (κ2) is 7.25. The summed E-state index contributed by atoms with van der Waals surface area (Å²) in [5, 5.41) is 3.49. The molecule has 1 N–H and O–H groups in total. The molecule has 5 nitrogen and oxygen atoms in total. The highest BCUT2D eigenvalue weighted by Gasteiger charge is 2.39. The molecule has 21 heavy (non-hydrogen) atoms. The van der Waals surface area contributed by atoms with Crippen LogP contribution in [0.3, 0.4) is 0 Å². The van der Waals surface area contributed by atoms with Crippen LogP contribution < -0.4 is 5.32 Å². The van der Waals surface area contributed by atoms with Gasteiger partial charge in [0.05, 0.1) is 12.6 Å². The van der Waals surface area contributed by atoms with E-state index < -0.39 is 0 Å². The van der Waals surface area contributed by atoms with Crippen molar-refractivity contribution in [1.82, 2.24) is 15.1 Å². The molecule has 2 fully saturated rings. The number of nitrogens with zero attached hydrogens (tertiary/aromatic N) is 2. The van der Waals surface area contributed by atoms with Crippen LogP contribution in [0.5, 0.6) is 0 Å². The van der Waals surface area contributed by atoms with Gasteiger partial charge in [0.25, 0.3) is 0 Å². The highest BCUT2D eigenvalue weighted by Crippen LogP contribution is 2.33. The molecule has 3 atom stereocenters. The van der Waals surface area contributed by atoms with Crippen LogP contribution in [0.2, 0.25) is 0 Å². The van der Waals surface area contributed by atoms with Crippen LogP contribution in [0.25, 0.3) is 0 Å². The van der Waals surface area contributed by atoms with Crippen LogP contribution in [0.4, 0.5) is 0 Å². The van der Waals surface area contributed by atoms with Crippen molar-refractivity contribution in [2.75, 3.05) is 26.7 Å². The minimum Gasteiger partial charge on any atom is -0.342 e. The molecule has 0 aromatic rings. The smallest absolute Gasteiger partial charge is 0.242 e. The highest BCUT2D eigenvalue weighted by molar-refractivity contribution is 5.87. The van der Waals surface area contributed by atoms with Crippen molar-refractivity contribution in [3.63, 3.8) is 0 Å².